The first-order valence-corrected chi connectivity index (χ1v) is 12.8. The molecule has 8 heteroatoms. The van der Waals surface area contributed by atoms with E-state index in [9.17, 15) is 18.3 Å². The number of hydrogen-bond donors (Lipinski definition) is 1. The number of rotatable bonds is 3. The summed E-state index contributed by atoms with van der Waals surface area (Å²) < 4.78 is 40.7. The fourth-order valence-electron chi connectivity index (χ4n) is 5.59. The number of sulfonamides is 1. The molecule has 33 heavy (non-hydrogen) atoms. The molecule has 0 bridgehead atoms. The molecule has 3 aliphatic rings. The van der Waals surface area contributed by atoms with Crippen molar-refractivity contribution in [2.75, 3.05) is 19.7 Å². The van der Waals surface area contributed by atoms with Crippen molar-refractivity contribution in [1.29, 1.82) is 0 Å². The van der Waals surface area contributed by atoms with E-state index >= 15 is 0 Å². The van der Waals surface area contributed by atoms with Crippen LogP contribution in [-0.4, -0.2) is 49.1 Å². The van der Waals surface area contributed by atoms with E-state index in [1.54, 1.807) is 0 Å². The van der Waals surface area contributed by atoms with Gasteiger partial charge in [-0.15, -0.1) is 0 Å². The van der Waals surface area contributed by atoms with Crippen molar-refractivity contribution in [1.82, 2.24) is 4.31 Å². The molecule has 2 atom stereocenters. The van der Waals surface area contributed by atoms with E-state index in [1.165, 1.54) is 28.6 Å². The van der Waals surface area contributed by atoms with Gasteiger partial charge in [0, 0.05) is 24.6 Å². The molecule has 2 aromatic carbocycles. The van der Waals surface area contributed by atoms with E-state index < -0.39 is 16.0 Å². The normalized spacial score (nSPS) is 26.1. The first-order valence-electron chi connectivity index (χ1n) is 11.3. The van der Waals surface area contributed by atoms with Gasteiger partial charge in [-0.05, 0) is 62.8 Å². The number of carboxylic acids is 1. The Bertz CT molecular complexity index is 1180. The topological polar surface area (TPSA) is 93.1 Å². The molecule has 0 unspecified atom stereocenters. The van der Waals surface area contributed by atoms with E-state index in [0.717, 1.165) is 17.7 Å². The maximum atomic E-state index is 13.2. The van der Waals surface area contributed by atoms with Crippen LogP contribution in [0.5, 0.6) is 5.75 Å². The second kappa shape index (κ2) is 7.82. The molecule has 1 spiro atoms. The summed E-state index contributed by atoms with van der Waals surface area (Å²) in [7, 11) is -3.76. The molecule has 0 saturated carbocycles. The number of hydrogen-bond acceptors (Lipinski definition) is 5. The fraction of sp³-hybridized carbons (Fsp3) is 0.480. The molecule has 2 aromatic rings. The van der Waals surface area contributed by atoms with Crippen molar-refractivity contribution < 1.29 is 27.8 Å². The summed E-state index contributed by atoms with van der Waals surface area (Å²) >= 11 is 0. The highest BCUT2D eigenvalue weighted by atomic mass is 32.2. The molecule has 2 fully saturated rings. The quantitative estimate of drug-likeness (QED) is 0.724. The summed E-state index contributed by atoms with van der Waals surface area (Å²) in [5.41, 5.74) is 0.585. The predicted octanol–water partition coefficient (Wildman–Crippen LogP) is 4.10. The molecule has 3 aliphatic heterocycles. The minimum atomic E-state index is -3.76. The molecule has 176 valence electrons. The van der Waals surface area contributed by atoms with Crippen LogP contribution in [0.4, 0.5) is 0 Å². The maximum Gasteiger partial charge on any atom is 0.335 e. The Hall–Kier alpha value is -2.42. The van der Waals surface area contributed by atoms with E-state index in [4.69, 9.17) is 9.47 Å². The average molecular weight is 472 g/mol. The molecular weight excluding hydrogens is 442 g/mol. The first-order chi connectivity index (χ1) is 15.6. The van der Waals surface area contributed by atoms with Crippen LogP contribution in [0.3, 0.4) is 0 Å². The van der Waals surface area contributed by atoms with Crippen LogP contribution in [0, 0.1) is 11.3 Å². The van der Waals surface area contributed by atoms with Crippen LogP contribution in [0.25, 0.3) is 0 Å². The number of carboxylic acid groups (broad SMARTS) is 1. The summed E-state index contributed by atoms with van der Waals surface area (Å²) in [5, 5.41) is 9.22. The number of nitrogens with zero attached hydrogens (tertiary/aromatic N) is 1. The lowest BCUT2D eigenvalue weighted by Crippen LogP contribution is -2.54. The van der Waals surface area contributed by atoms with Gasteiger partial charge in [0.2, 0.25) is 10.0 Å². The fourth-order valence-corrected chi connectivity index (χ4v) is 7.08. The third-order valence-electron chi connectivity index (χ3n) is 7.58. The summed E-state index contributed by atoms with van der Waals surface area (Å²) in [4.78, 5) is 11.3. The number of piperidine rings is 1. The molecule has 3 heterocycles. The molecule has 0 amide bonds. The Balaban J connectivity index is 1.33. The van der Waals surface area contributed by atoms with Crippen LogP contribution >= 0.6 is 0 Å². The van der Waals surface area contributed by atoms with Crippen molar-refractivity contribution >= 4 is 16.0 Å². The van der Waals surface area contributed by atoms with Crippen molar-refractivity contribution in [2.45, 2.75) is 49.7 Å². The third-order valence-corrected chi connectivity index (χ3v) is 9.48. The lowest BCUT2D eigenvalue weighted by molar-refractivity contribution is -0.172. The monoisotopic (exact) mass is 471 g/mol. The molecule has 1 N–H and O–H groups in total. The van der Waals surface area contributed by atoms with Crippen LogP contribution < -0.4 is 4.74 Å². The number of carbonyl (C=O) groups is 1. The van der Waals surface area contributed by atoms with Gasteiger partial charge in [0.15, 0.2) is 0 Å². The van der Waals surface area contributed by atoms with Gasteiger partial charge in [-0.1, -0.05) is 24.3 Å². The minimum Gasteiger partial charge on any atom is -0.487 e. The maximum absolute atomic E-state index is 13.2. The number of para-hydroxylation sites is 1. The van der Waals surface area contributed by atoms with Crippen molar-refractivity contribution in [3.05, 3.63) is 59.7 Å². The number of fused-ring (bicyclic) bond motifs is 3. The van der Waals surface area contributed by atoms with Crippen LogP contribution in [0.2, 0.25) is 0 Å². The zero-order chi connectivity index (χ0) is 23.4. The largest absolute Gasteiger partial charge is 0.487 e. The molecule has 0 aliphatic carbocycles. The highest BCUT2D eigenvalue weighted by Gasteiger charge is 2.53. The molecule has 2 saturated heterocycles. The highest BCUT2D eigenvalue weighted by molar-refractivity contribution is 7.89. The zero-order valence-electron chi connectivity index (χ0n) is 18.9. The molecule has 0 aromatic heterocycles. The second-order valence-electron chi connectivity index (χ2n) is 10.0. The van der Waals surface area contributed by atoms with Crippen LogP contribution in [0.1, 0.15) is 55.1 Å². The molecular formula is C25H29NO6S. The van der Waals surface area contributed by atoms with Crippen molar-refractivity contribution in [3.63, 3.8) is 0 Å². The van der Waals surface area contributed by atoms with Gasteiger partial charge in [0.05, 0.1) is 23.2 Å². The van der Waals surface area contributed by atoms with Gasteiger partial charge in [0.25, 0.3) is 0 Å². The Morgan fingerprint density at radius 2 is 1.82 bits per heavy atom. The van der Waals surface area contributed by atoms with E-state index in [2.05, 4.69) is 19.9 Å². The predicted molar refractivity (Wildman–Crippen MR) is 122 cm³/mol. The number of benzene rings is 2. The SMILES string of the molecule is CC1(C)Oc2ccccc2[C@H]2OCC3(CCN(S(=O)(=O)c4cccc(C(=O)O)c4)CC3)C[C@@H]21. The Morgan fingerprint density at radius 1 is 1.09 bits per heavy atom. The molecule has 5 rings (SSSR count). The van der Waals surface area contributed by atoms with Crippen LogP contribution in [-0.2, 0) is 14.8 Å². The Labute approximate surface area is 194 Å². The van der Waals surface area contributed by atoms with E-state index in [1.807, 2.05) is 18.2 Å². The van der Waals surface area contributed by atoms with Gasteiger partial charge >= 0.3 is 5.97 Å². The van der Waals surface area contributed by atoms with Gasteiger partial charge in [-0.25, -0.2) is 13.2 Å². The second-order valence-corrected chi connectivity index (χ2v) is 12.0. The third kappa shape index (κ3) is 3.84. The van der Waals surface area contributed by atoms with Gasteiger partial charge in [-0.3, -0.25) is 0 Å². The standard InChI is InChI=1S/C25H29NO6S/c1-24(2)20-15-25(16-31-22(20)19-8-3-4-9-21(19)32-24)10-12-26(13-11-25)33(29,30)18-7-5-6-17(14-18)23(27)28/h3-9,14,20,22H,10-13,15-16H2,1-2H3,(H,27,28)/t20-,22+/m0/s1. The zero-order valence-corrected chi connectivity index (χ0v) is 19.7. The lowest BCUT2D eigenvalue weighted by Gasteiger charge is -2.54. The summed E-state index contributed by atoms with van der Waals surface area (Å²) in [6.07, 6.45) is 2.30. The molecule has 0 radical (unpaired) electrons. The summed E-state index contributed by atoms with van der Waals surface area (Å²) in [6.45, 7) is 5.59. The Kier molecular flexibility index (Phi) is 5.30. The van der Waals surface area contributed by atoms with Gasteiger partial charge in [0.1, 0.15) is 11.4 Å². The van der Waals surface area contributed by atoms with E-state index in [0.29, 0.717) is 32.5 Å². The summed E-state index contributed by atoms with van der Waals surface area (Å²) in [5.74, 6) is -0.0850. The lowest BCUT2D eigenvalue weighted by atomic mass is 9.64. The number of aromatic carboxylic acids is 1. The average Bonchev–Trinajstić information content (AvgIpc) is 2.79. The highest BCUT2D eigenvalue weighted by Crippen LogP contribution is 2.55. The smallest absolute Gasteiger partial charge is 0.335 e. The number of ether oxygens (including phenoxy) is 2. The van der Waals surface area contributed by atoms with Crippen molar-refractivity contribution in [3.8, 4) is 5.75 Å². The Morgan fingerprint density at radius 3 is 2.55 bits per heavy atom. The van der Waals surface area contributed by atoms with E-state index in [-0.39, 0.29) is 33.5 Å². The van der Waals surface area contributed by atoms with Crippen molar-refractivity contribution in [2.24, 2.45) is 11.3 Å². The minimum absolute atomic E-state index is 0.0175. The van der Waals surface area contributed by atoms with Gasteiger partial charge < -0.3 is 14.6 Å². The summed E-state index contributed by atoms with van der Waals surface area (Å²) in [6, 6.07) is 13.6. The molecule has 7 nitrogen and oxygen atoms in total. The first kappa shape index (κ1) is 22.4. The van der Waals surface area contributed by atoms with Crippen LogP contribution in [0.15, 0.2) is 53.4 Å². The van der Waals surface area contributed by atoms with Gasteiger partial charge in [-0.2, -0.15) is 4.31 Å².